The average Bonchev–Trinajstić information content (AvgIpc) is 1.35. The summed E-state index contributed by atoms with van der Waals surface area (Å²) in [6, 6.07) is 0. The molecule has 0 rings (SSSR count). The Bertz CT molecular complexity index is 37.3. The van der Waals surface area contributed by atoms with Crippen molar-refractivity contribution in [2.24, 2.45) is 5.73 Å². The number of nitrogens with two attached hydrogens (primary N) is 1. The first-order valence-electron chi connectivity index (χ1n) is 1.84. The standard InChI is InChI=1S/C4H10NO/c1-4(2,6)3-5/h6H,1,3,5H2,2H3/t4-/m0/s1. The van der Waals surface area contributed by atoms with Crippen LogP contribution in [0.15, 0.2) is 0 Å². The fraction of sp³-hybridized carbons (Fsp3) is 0.750. The second-order valence-electron chi connectivity index (χ2n) is 1.70. The highest BCUT2D eigenvalue weighted by atomic mass is 16.3. The van der Waals surface area contributed by atoms with E-state index in [-0.39, 0.29) is 6.54 Å². The monoisotopic (exact) mass is 88.1 g/mol. The third-order valence-electron chi connectivity index (χ3n) is 0.440. The summed E-state index contributed by atoms with van der Waals surface area (Å²) in [4.78, 5) is 0. The van der Waals surface area contributed by atoms with Crippen LogP contribution < -0.4 is 5.73 Å². The maximum Gasteiger partial charge on any atom is 0.0742 e. The number of rotatable bonds is 1. The Morgan fingerprint density at radius 1 is 2.00 bits per heavy atom. The molecule has 0 fully saturated rings. The van der Waals surface area contributed by atoms with Crippen molar-refractivity contribution in [1.82, 2.24) is 0 Å². The van der Waals surface area contributed by atoms with Crippen molar-refractivity contribution in [2.45, 2.75) is 12.5 Å². The molecule has 0 saturated heterocycles. The van der Waals surface area contributed by atoms with E-state index < -0.39 is 5.60 Å². The van der Waals surface area contributed by atoms with Gasteiger partial charge in [-0.05, 0) is 13.8 Å². The molecule has 2 nitrogen and oxygen atoms in total. The summed E-state index contributed by atoms with van der Waals surface area (Å²) in [6.45, 7) is 5.10. The average molecular weight is 88.1 g/mol. The normalized spacial score (nSPS) is 12.0. The maximum absolute atomic E-state index is 8.59. The van der Waals surface area contributed by atoms with Crippen molar-refractivity contribution in [3.8, 4) is 0 Å². The molecule has 0 saturated carbocycles. The highest BCUT2D eigenvalue weighted by Gasteiger charge is 2.06. The fourth-order valence-electron chi connectivity index (χ4n) is 0. The van der Waals surface area contributed by atoms with Crippen molar-refractivity contribution in [1.29, 1.82) is 0 Å². The van der Waals surface area contributed by atoms with Gasteiger partial charge in [0.25, 0.3) is 0 Å². The fourth-order valence-corrected chi connectivity index (χ4v) is 0. The SMILES string of the molecule is [CH2][C@@](C)(O)CN. The van der Waals surface area contributed by atoms with Gasteiger partial charge in [0.1, 0.15) is 0 Å². The van der Waals surface area contributed by atoms with E-state index in [1.807, 2.05) is 0 Å². The maximum atomic E-state index is 8.59. The van der Waals surface area contributed by atoms with Crippen LogP contribution >= 0.6 is 0 Å². The third-order valence-corrected chi connectivity index (χ3v) is 0.440. The summed E-state index contributed by atoms with van der Waals surface area (Å²) in [6.07, 6.45) is 0. The quantitative estimate of drug-likeness (QED) is 0.455. The van der Waals surface area contributed by atoms with E-state index in [1.165, 1.54) is 0 Å². The molecule has 1 atom stereocenters. The first kappa shape index (κ1) is 5.92. The Morgan fingerprint density at radius 2 is 2.17 bits per heavy atom. The number of hydrogen-bond acceptors (Lipinski definition) is 2. The third kappa shape index (κ3) is 3.92. The second kappa shape index (κ2) is 1.58. The molecule has 0 aliphatic heterocycles. The van der Waals surface area contributed by atoms with Crippen LogP contribution in [0.5, 0.6) is 0 Å². The van der Waals surface area contributed by atoms with Gasteiger partial charge in [0.15, 0.2) is 0 Å². The van der Waals surface area contributed by atoms with E-state index >= 15 is 0 Å². The van der Waals surface area contributed by atoms with Gasteiger partial charge < -0.3 is 10.8 Å². The van der Waals surface area contributed by atoms with Crippen LogP contribution in [-0.2, 0) is 0 Å². The zero-order chi connectivity index (χ0) is 5.21. The largest absolute Gasteiger partial charge is 0.389 e. The van der Waals surface area contributed by atoms with Gasteiger partial charge in [-0.2, -0.15) is 0 Å². The minimum absolute atomic E-state index is 0.215. The molecule has 0 aromatic rings. The minimum atomic E-state index is -0.931. The second-order valence-corrected chi connectivity index (χ2v) is 1.70. The molecule has 0 spiro atoms. The van der Waals surface area contributed by atoms with Crippen molar-refractivity contribution < 1.29 is 5.11 Å². The molecule has 0 heterocycles. The Morgan fingerprint density at radius 3 is 2.17 bits per heavy atom. The summed E-state index contributed by atoms with van der Waals surface area (Å²) in [5.74, 6) is 0. The van der Waals surface area contributed by atoms with Gasteiger partial charge in [-0.1, -0.05) is 0 Å². The Labute approximate surface area is 38.0 Å². The van der Waals surface area contributed by atoms with Crippen LogP contribution in [0.25, 0.3) is 0 Å². The van der Waals surface area contributed by atoms with E-state index in [0.29, 0.717) is 0 Å². The van der Waals surface area contributed by atoms with E-state index in [4.69, 9.17) is 10.8 Å². The molecule has 37 valence electrons. The lowest BCUT2D eigenvalue weighted by Gasteiger charge is -2.11. The van der Waals surface area contributed by atoms with Crippen LogP contribution in [0.2, 0.25) is 0 Å². The van der Waals surface area contributed by atoms with E-state index in [9.17, 15) is 0 Å². The van der Waals surface area contributed by atoms with Crippen molar-refractivity contribution in [3.05, 3.63) is 6.92 Å². The van der Waals surface area contributed by atoms with Crippen LogP contribution in [0, 0.1) is 6.92 Å². The van der Waals surface area contributed by atoms with Crippen molar-refractivity contribution in [3.63, 3.8) is 0 Å². The Balaban J connectivity index is 3.17. The summed E-state index contributed by atoms with van der Waals surface area (Å²) >= 11 is 0. The highest BCUT2D eigenvalue weighted by molar-refractivity contribution is 4.74. The van der Waals surface area contributed by atoms with Crippen LogP contribution in [-0.4, -0.2) is 17.3 Å². The lowest BCUT2D eigenvalue weighted by Crippen LogP contribution is -2.30. The zero-order valence-corrected chi connectivity index (χ0v) is 3.94. The first-order chi connectivity index (χ1) is 2.56. The molecule has 2 heteroatoms. The van der Waals surface area contributed by atoms with Gasteiger partial charge in [0, 0.05) is 6.54 Å². The first-order valence-corrected chi connectivity index (χ1v) is 1.84. The van der Waals surface area contributed by atoms with Crippen LogP contribution in [0.3, 0.4) is 0 Å². The minimum Gasteiger partial charge on any atom is -0.389 e. The highest BCUT2D eigenvalue weighted by Crippen LogP contribution is 1.92. The lowest BCUT2D eigenvalue weighted by atomic mass is 10.1. The molecule has 0 aliphatic rings. The topological polar surface area (TPSA) is 46.2 Å². The van der Waals surface area contributed by atoms with Gasteiger partial charge in [-0.3, -0.25) is 0 Å². The van der Waals surface area contributed by atoms with Gasteiger partial charge in [-0.25, -0.2) is 0 Å². The summed E-state index contributed by atoms with van der Waals surface area (Å²) in [5, 5.41) is 8.59. The van der Waals surface area contributed by atoms with Crippen LogP contribution in [0.4, 0.5) is 0 Å². The number of aliphatic hydroxyl groups is 1. The molecular weight excluding hydrogens is 78.1 g/mol. The van der Waals surface area contributed by atoms with Gasteiger partial charge in [0.05, 0.1) is 5.60 Å². The molecular formula is C4H10NO. The molecule has 0 aromatic carbocycles. The van der Waals surface area contributed by atoms with Crippen LogP contribution in [0.1, 0.15) is 6.92 Å². The Hall–Kier alpha value is -0.0800. The van der Waals surface area contributed by atoms with Gasteiger partial charge in [-0.15, -0.1) is 0 Å². The predicted molar refractivity (Wildman–Crippen MR) is 25.0 cm³/mol. The predicted octanol–water partition coefficient (Wildman–Crippen LogP) is -0.470. The Kier molecular flexibility index (Phi) is 1.56. The molecule has 1 radical (unpaired) electrons. The molecule has 0 unspecified atom stereocenters. The summed E-state index contributed by atoms with van der Waals surface area (Å²) in [5.41, 5.74) is 4.06. The molecule has 6 heavy (non-hydrogen) atoms. The molecule has 3 N–H and O–H groups in total. The number of hydrogen-bond donors (Lipinski definition) is 2. The smallest absolute Gasteiger partial charge is 0.0742 e. The summed E-state index contributed by atoms with van der Waals surface area (Å²) < 4.78 is 0. The molecule has 0 aromatic heterocycles. The molecule has 0 amide bonds. The zero-order valence-electron chi connectivity index (χ0n) is 3.94. The van der Waals surface area contributed by atoms with Crippen molar-refractivity contribution >= 4 is 0 Å². The van der Waals surface area contributed by atoms with E-state index in [2.05, 4.69) is 6.92 Å². The summed E-state index contributed by atoms with van der Waals surface area (Å²) in [7, 11) is 0. The van der Waals surface area contributed by atoms with E-state index in [0.717, 1.165) is 0 Å². The van der Waals surface area contributed by atoms with Crippen molar-refractivity contribution in [2.75, 3.05) is 6.54 Å². The van der Waals surface area contributed by atoms with Gasteiger partial charge >= 0.3 is 0 Å². The lowest BCUT2D eigenvalue weighted by molar-refractivity contribution is 0.118. The van der Waals surface area contributed by atoms with E-state index in [1.54, 1.807) is 6.92 Å². The van der Waals surface area contributed by atoms with Gasteiger partial charge in [0.2, 0.25) is 0 Å². The molecule has 0 bridgehead atoms. The molecule has 0 aliphatic carbocycles.